The first-order valence-electron chi connectivity index (χ1n) is 9.00. The number of quaternary nitrogens is 1. The van der Waals surface area contributed by atoms with E-state index in [-0.39, 0.29) is 12.6 Å². The predicted octanol–water partition coefficient (Wildman–Crippen LogP) is 3.00. The molecule has 1 aliphatic heterocycles. The summed E-state index contributed by atoms with van der Waals surface area (Å²) in [5, 5.41) is 25.7. The van der Waals surface area contributed by atoms with Crippen molar-refractivity contribution in [3.63, 3.8) is 0 Å². The molecule has 1 aromatic rings. The molecular formula is C16H29N5O3S. The number of aromatic nitrogens is 2. The van der Waals surface area contributed by atoms with Gasteiger partial charge >= 0.3 is 11.2 Å². The maximum Gasteiger partial charge on any atom is 0.411 e. The van der Waals surface area contributed by atoms with E-state index in [4.69, 9.17) is 4.74 Å². The fraction of sp³-hybridized carbons (Fsp3) is 0.812. The summed E-state index contributed by atoms with van der Waals surface area (Å²) in [5.41, 5.74) is 0. The third kappa shape index (κ3) is 4.87. The molecule has 1 saturated heterocycles. The first-order chi connectivity index (χ1) is 11.9. The van der Waals surface area contributed by atoms with Crippen molar-refractivity contribution in [2.75, 3.05) is 26.3 Å². The second-order valence-electron chi connectivity index (χ2n) is 6.73. The van der Waals surface area contributed by atoms with Crippen LogP contribution < -0.4 is 9.96 Å². The zero-order valence-corrected chi connectivity index (χ0v) is 16.3. The van der Waals surface area contributed by atoms with Gasteiger partial charge in [0.15, 0.2) is 0 Å². The van der Waals surface area contributed by atoms with E-state index in [1.54, 1.807) is 0 Å². The number of unbranched alkanes of at least 4 members (excludes halogenated alkanes) is 1. The van der Waals surface area contributed by atoms with Gasteiger partial charge < -0.3 is 15.3 Å². The Morgan fingerprint density at radius 3 is 2.80 bits per heavy atom. The van der Waals surface area contributed by atoms with E-state index in [0.29, 0.717) is 18.2 Å². The molecule has 2 unspecified atom stereocenters. The van der Waals surface area contributed by atoms with Crippen molar-refractivity contribution in [3.05, 3.63) is 10.2 Å². The van der Waals surface area contributed by atoms with Gasteiger partial charge in [0, 0.05) is 19.0 Å². The fourth-order valence-electron chi connectivity index (χ4n) is 2.65. The van der Waals surface area contributed by atoms with Gasteiger partial charge in [0.25, 0.3) is 6.23 Å². The number of alkyl carbamates (subject to hydrolysis) is 1. The van der Waals surface area contributed by atoms with Gasteiger partial charge in [-0.3, -0.25) is 4.65 Å². The van der Waals surface area contributed by atoms with Crippen LogP contribution in [0.25, 0.3) is 0 Å². The highest BCUT2D eigenvalue weighted by atomic mass is 32.1. The normalized spacial score (nSPS) is 24.0. The Bertz CT molecular complexity index is 568. The van der Waals surface area contributed by atoms with Crippen LogP contribution in [0.1, 0.15) is 57.9 Å². The van der Waals surface area contributed by atoms with Crippen LogP contribution in [0, 0.1) is 5.21 Å². The minimum absolute atomic E-state index is 0.212. The minimum Gasteiger partial charge on any atom is -0.622 e. The highest BCUT2D eigenvalue weighted by molar-refractivity contribution is 7.15. The number of rotatable bonds is 8. The van der Waals surface area contributed by atoms with Crippen molar-refractivity contribution >= 4 is 22.6 Å². The SMILES string of the molecule is CCCCN1CC(OC(=O)NCCC)[N+]([O-])(c2nnc(C(C)C)s2)C1. The van der Waals surface area contributed by atoms with Crippen LogP contribution >= 0.6 is 11.3 Å². The van der Waals surface area contributed by atoms with Crippen molar-refractivity contribution in [1.82, 2.24) is 25.1 Å². The lowest BCUT2D eigenvalue weighted by atomic mass is 10.2. The largest absolute Gasteiger partial charge is 0.622 e. The molecule has 1 aliphatic rings. The van der Waals surface area contributed by atoms with E-state index in [1.165, 1.54) is 11.3 Å². The van der Waals surface area contributed by atoms with Crippen molar-refractivity contribution in [2.45, 2.75) is 59.1 Å². The van der Waals surface area contributed by atoms with Gasteiger partial charge in [-0.15, -0.1) is 5.10 Å². The first kappa shape index (κ1) is 20.0. The predicted molar refractivity (Wildman–Crippen MR) is 99.1 cm³/mol. The van der Waals surface area contributed by atoms with Crippen LogP contribution in [0.3, 0.4) is 0 Å². The Labute approximate surface area is 153 Å². The van der Waals surface area contributed by atoms with Crippen LogP contribution in [0.15, 0.2) is 0 Å². The van der Waals surface area contributed by atoms with E-state index in [1.807, 2.05) is 25.7 Å². The third-order valence-electron chi connectivity index (χ3n) is 4.13. The molecule has 9 heteroatoms. The Balaban J connectivity index is 2.17. The molecule has 0 aromatic carbocycles. The number of nitrogens with zero attached hydrogens (tertiary/aromatic N) is 4. The van der Waals surface area contributed by atoms with Crippen LogP contribution in [0.2, 0.25) is 0 Å². The van der Waals surface area contributed by atoms with Gasteiger partial charge in [-0.1, -0.05) is 39.2 Å². The summed E-state index contributed by atoms with van der Waals surface area (Å²) in [7, 11) is 0. The zero-order valence-electron chi connectivity index (χ0n) is 15.5. The Kier molecular flexibility index (Phi) is 7.12. The zero-order chi connectivity index (χ0) is 18.4. The third-order valence-corrected chi connectivity index (χ3v) is 5.46. The molecule has 1 N–H and O–H groups in total. The minimum atomic E-state index is -0.818. The maximum atomic E-state index is 13.6. The number of amides is 1. The molecule has 0 saturated carbocycles. The van der Waals surface area contributed by atoms with Crippen molar-refractivity contribution in [1.29, 1.82) is 0 Å². The molecule has 142 valence electrons. The standard InChI is InChI=1S/C16H29N5O3S/c1-5-7-9-20-10-13(24-16(22)17-8-6-2)21(23,11-20)15-19-18-14(25-15)12(3)4/h12-13H,5-11H2,1-4H3,(H,17,22). The summed E-state index contributed by atoms with van der Waals surface area (Å²) in [5.74, 6) is 0.212. The number of hydroxylamine groups is 2. The van der Waals surface area contributed by atoms with E-state index in [0.717, 1.165) is 30.8 Å². The number of hydrogen-bond donors (Lipinski definition) is 1. The molecule has 8 nitrogen and oxygen atoms in total. The highest BCUT2D eigenvalue weighted by Gasteiger charge is 2.46. The molecule has 0 spiro atoms. The molecule has 2 rings (SSSR count). The van der Waals surface area contributed by atoms with Crippen molar-refractivity contribution in [3.8, 4) is 0 Å². The molecular weight excluding hydrogens is 342 g/mol. The Morgan fingerprint density at radius 2 is 2.20 bits per heavy atom. The smallest absolute Gasteiger partial charge is 0.411 e. The first-order valence-corrected chi connectivity index (χ1v) is 9.81. The van der Waals surface area contributed by atoms with Crippen LogP contribution in [-0.2, 0) is 4.74 Å². The lowest BCUT2D eigenvalue weighted by Gasteiger charge is -2.38. The summed E-state index contributed by atoms with van der Waals surface area (Å²) in [4.78, 5) is 14.0. The van der Waals surface area contributed by atoms with Crippen LogP contribution in [-0.4, -0.2) is 53.7 Å². The summed E-state index contributed by atoms with van der Waals surface area (Å²) in [6.07, 6.45) is 1.50. The lowest BCUT2D eigenvalue weighted by molar-refractivity contribution is 0.0459. The van der Waals surface area contributed by atoms with Crippen LogP contribution in [0.5, 0.6) is 0 Å². The Morgan fingerprint density at radius 1 is 1.44 bits per heavy atom. The fourth-order valence-corrected chi connectivity index (χ4v) is 3.57. The topological polar surface area (TPSA) is 90.4 Å². The van der Waals surface area contributed by atoms with Gasteiger partial charge in [-0.2, -0.15) is 0 Å². The average Bonchev–Trinajstić information content (AvgIpc) is 3.18. The molecule has 2 atom stereocenters. The second kappa shape index (κ2) is 8.88. The van der Waals surface area contributed by atoms with Gasteiger partial charge in [0.1, 0.15) is 11.7 Å². The number of carbonyl (C=O) groups is 1. The lowest BCUT2D eigenvalue weighted by Crippen LogP contribution is -2.51. The van der Waals surface area contributed by atoms with E-state index >= 15 is 0 Å². The molecule has 0 aliphatic carbocycles. The molecule has 1 amide bonds. The van der Waals surface area contributed by atoms with Gasteiger partial charge in [-0.05, 0) is 24.2 Å². The van der Waals surface area contributed by atoms with E-state index < -0.39 is 17.0 Å². The molecule has 0 bridgehead atoms. The molecule has 0 radical (unpaired) electrons. The Hall–Kier alpha value is -1.29. The van der Waals surface area contributed by atoms with Crippen molar-refractivity contribution < 1.29 is 9.53 Å². The summed E-state index contributed by atoms with van der Waals surface area (Å²) in [6, 6.07) is 0. The van der Waals surface area contributed by atoms with Gasteiger partial charge in [0.05, 0.1) is 6.54 Å². The molecule has 2 heterocycles. The van der Waals surface area contributed by atoms with Gasteiger partial charge in [-0.25, -0.2) is 9.69 Å². The summed E-state index contributed by atoms with van der Waals surface area (Å²) in [6.45, 7) is 10.1. The molecule has 25 heavy (non-hydrogen) atoms. The number of hydrogen-bond acceptors (Lipinski definition) is 7. The van der Waals surface area contributed by atoms with Crippen molar-refractivity contribution in [2.24, 2.45) is 0 Å². The molecule has 1 aromatic heterocycles. The number of ether oxygens (including phenoxy) is 1. The van der Waals surface area contributed by atoms with E-state index in [9.17, 15) is 10.0 Å². The quantitative estimate of drug-likeness (QED) is 0.558. The highest BCUT2D eigenvalue weighted by Crippen LogP contribution is 2.36. The maximum absolute atomic E-state index is 13.6. The number of carbonyl (C=O) groups excluding carboxylic acids is 1. The van der Waals surface area contributed by atoms with E-state index in [2.05, 4.69) is 22.4 Å². The molecule has 1 fully saturated rings. The average molecular weight is 372 g/mol. The number of nitrogens with one attached hydrogen (secondary N) is 1. The van der Waals surface area contributed by atoms with Crippen LogP contribution in [0.4, 0.5) is 9.93 Å². The van der Waals surface area contributed by atoms with Gasteiger partial charge in [0.2, 0.25) is 0 Å². The summed E-state index contributed by atoms with van der Waals surface area (Å²) < 4.78 is 4.70. The second-order valence-corrected chi connectivity index (χ2v) is 7.72. The monoisotopic (exact) mass is 371 g/mol. The summed E-state index contributed by atoms with van der Waals surface area (Å²) >= 11 is 1.31.